The normalized spacial score (nSPS) is 26.1. The lowest BCUT2D eigenvalue weighted by molar-refractivity contribution is -0.153. The SMILES string of the molecule is NC(CO)c1nnc([C@@H]2CC3(CC3)[C@@H]3CN2C(=O)N3OCc2ccccc2)o1. The molecule has 3 aliphatic rings. The molecule has 148 valence electrons. The van der Waals surface area contributed by atoms with Crippen molar-refractivity contribution in [1.29, 1.82) is 0 Å². The molecule has 3 heterocycles. The van der Waals surface area contributed by atoms with Crippen LogP contribution < -0.4 is 5.73 Å². The number of aliphatic hydroxyl groups is 1. The molecule has 3 atom stereocenters. The van der Waals surface area contributed by atoms with E-state index >= 15 is 0 Å². The Bertz CT molecular complexity index is 868. The number of carbonyl (C=O) groups excluding carboxylic acids is 1. The van der Waals surface area contributed by atoms with E-state index in [0.717, 1.165) is 24.8 Å². The van der Waals surface area contributed by atoms with E-state index in [9.17, 15) is 9.90 Å². The van der Waals surface area contributed by atoms with E-state index in [4.69, 9.17) is 15.0 Å². The van der Waals surface area contributed by atoms with Crippen LogP contribution in [0.4, 0.5) is 4.79 Å². The first-order chi connectivity index (χ1) is 13.6. The zero-order valence-electron chi connectivity index (χ0n) is 15.4. The van der Waals surface area contributed by atoms with Crippen LogP contribution >= 0.6 is 0 Å². The summed E-state index contributed by atoms with van der Waals surface area (Å²) in [6, 6.07) is 8.69. The Kier molecular flexibility index (Phi) is 4.11. The van der Waals surface area contributed by atoms with E-state index in [1.807, 2.05) is 30.3 Å². The number of amides is 2. The third kappa shape index (κ3) is 2.78. The van der Waals surface area contributed by atoms with Crippen LogP contribution in [0.25, 0.3) is 0 Å². The summed E-state index contributed by atoms with van der Waals surface area (Å²) < 4.78 is 5.70. The molecular weight excluding hydrogens is 362 g/mol. The maximum absolute atomic E-state index is 13.1. The van der Waals surface area contributed by atoms with Crippen LogP contribution in [-0.4, -0.2) is 50.5 Å². The number of carbonyl (C=O) groups is 1. The second-order valence-electron chi connectivity index (χ2n) is 7.89. The molecule has 2 bridgehead atoms. The van der Waals surface area contributed by atoms with E-state index in [1.165, 1.54) is 0 Å². The Balaban J connectivity index is 1.37. The molecule has 0 radical (unpaired) electrons. The molecule has 1 unspecified atom stereocenters. The van der Waals surface area contributed by atoms with Gasteiger partial charge >= 0.3 is 6.03 Å². The van der Waals surface area contributed by atoms with Crippen molar-refractivity contribution in [2.24, 2.45) is 11.1 Å². The molecule has 1 spiro atoms. The van der Waals surface area contributed by atoms with Gasteiger partial charge < -0.3 is 20.2 Å². The van der Waals surface area contributed by atoms with Crippen LogP contribution in [0.1, 0.15) is 48.7 Å². The Morgan fingerprint density at radius 3 is 2.82 bits per heavy atom. The lowest BCUT2D eigenvalue weighted by atomic mass is 9.85. The average Bonchev–Trinajstić information content (AvgIpc) is 3.20. The summed E-state index contributed by atoms with van der Waals surface area (Å²) in [6.45, 7) is 0.665. The number of hydrogen-bond acceptors (Lipinski definition) is 7. The monoisotopic (exact) mass is 385 g/mol. The van der Waals surface area contributed by atoms with Crippen LogP contribution in [0.3, 0.4) is 0 Å². The second-order valence-corrected chi connectivity index (χ2v) is 7.89. The maximum Gasteiger partial charge on any atom is 0.345 e. The van der Waals surface area contributed by atoms with Gasteiger partial charge in [-0.3, -0.25) is 4.84 Å². The molecule has 9 heteroatoms. The summed E-state index contributed by atoms with van der Waals surface area (Å²) in [5.41, 5.74) is 6.83. The minimum atomic E-state index is -0.715. The minimum Gasteiger partial charge on any atom is -0.421 e. The summed E-state index contributed by atoms with van der Waals surface area (Å²) in [5, 5.41) is 18.8. The number of benzene rings is 1. The molecule has 1 saturated carbocycles. The first kappa shape index (κ1) is 17.6. The summed E-state index contributed by atoms with van der Waals surface area (Å²) in [5.74, 6) is 0.565. The zero-order chi connectivity index (χ0) is 19.3. The van der Waals surface area contributed by atoms with Gasteiger partial charge in [0.05, 0.1) is 12.6 Å². The molecule has 28 heavy (non-hydrogen) atoms. The summed E-state index contributed by atoms with van der Waals surface area (Å²) in [6.07, 6.45) is 2.87. The van der Waals surface area contributed by atoms with E-state index in [0.29, 0.717) is 19.0 Å². The largest absolute Gasteiger partial charge is 0.421 e. The molecule has 9 nitrogen and oxygen atoms in total. The van der Waals surface area contributed by atoms with Gasteiger partial charge in [-0.25, -0.2) is 4.79 Å². The topological polar surface area (TPSA) is 118 Å². The van der Waals surface area contributed by atoms with Crippen molar-refractivity contribution in [2.75, 3.05) is 13.2 Å². The third-order valence-electron chi connectivity index (χ3n) is 6.13. The van der Waals surface area contributed by atoms with Gasteiger partial charge in [-0.05, 0) is 30.2 Å². The number of hydroxylamine groups is 2. The van der Waals surface area contributed by atoms with Crippen LogP contribution in [-0.2, 0) is 11.4 Å². The molecule has 1 aromatic carbocycles. The van der Waals surface area contributed by atoms with Crippen molar-refractivity contribution in [2.45, 2.75) is 44.0 Å². The summed E-state index contributed by atoms with van der Waals surface area (Å²) >= 11 is 0. The van der Waals surface area contributed by atoms with Crippen LogP contribution in [0.5, 0.6) is 0 Å². The van der Waals surface area contributed by atoms with Gasteiger partial charge in [0.15, 0.2) is 0 Å². The number of piperidine rings is 1. The standard InChI is InChI=1S/C19H23N5O4/c20-13(10-25)16-21-22-17(28-16)14-8-19(6-7-19)15-9-23(14)18(26)24(15)27-11-12-4-2-1-3-5-12/h1-5,13-15,25H,6-11,20H2/t13?,14-,15-/m0/s1. The fourth-order valence-electron chi connectivity index (χ4n) is 4.32. The zero-order valence-corrected chi connectivity index (χ0v) is 15.4. The fourth-order valence-corrected chi connectivity index (χ4v) is 4.32. The van der Waals surface area contributed by atoms with Gasteiger partial charge in [0, 0.05) is 6.54 Å². The Morgan fingerprint density at radius 1 is 1.32 bits per heavy atom. The Labute approximate surface area is 162 Å². The van der Waals surface area contributed by atoms with Crippen molar-refractivity contribution >= 4 is 6.03 Å². The highest BCUT2D eigenvalue weighted by Gasteiger charge is 2.64. The highest BCUT2D eigenvalue weighted by atomic mass is 16.7. The van der Waals surface area contributed by atoms with Gasteiger partial charge in [0.25, 0.3) is 0 Å². The molecule has 2 aliphatic heterocycles. The lowest BCUT2D eigenvalue weighted by Gasteiger charge is -2.35. The van der Waals surface area contributed by atoms with Crippen LogP contribution in [0.15, 0.2) is 34.7 Å². The van der Waals surface area contributed by atoms with Crippen molar-refractivity contribution in [3.8, 4) is 0 Å². The number of fused-ring (bicyclic) bond motifs is 3. The highest BCUT2D eigenvalue weighted by Crippen LogP contribution is 2.61. The molecule has 2 amide bonds. The van der Waals surface area contributed by atoms with Crippen LogP contribution in [0, 0.1) is 5.41 Å². The van der Waals surface area contributed by atoms with Crippen molar-refractivity contribution in [3.63, 3.8) is 0 Å². The molecular formula is C19H23N5O4. The number of nitrogens with zero attached hydrogens (tertiary/aromatic N) is 4. The Morgan fingerprint density at radius 2 is 2.11 bits per heavy atom. The first-order valence-corrected chi connectivity index (χ1v) is 9.58. The predicted molar refractivity (Wildman–Crippen MR) is 96.3 cm³/mol. The lowest BCUT2D eigenvalue weighted by Crippen LogP contribution is -2.42. The van der Waals surface area contributed by atoms with Crippen molar-refractivity contribution in [3.05, 3.63) is 47.7 Å². The fraction of sp³-hybridized carbons (Fsp3) is 0.526. The number of aromatic nitrogens is 2. The van der Waals surface area contributed by atoms with E-state index in [2.05, 4.69) is 10.2 Å². The third-order valence-corrected chi connectivity index (χ3v) is 6.13. The van der Waals surface area contributed by atoms with E-state index in [-0.39, 0.29) is 36.0 Å². The van der Waals surface area contributed by atoms with Gasteiger partial charge in [0.1, 0.15) is 18.7 Å². The Hall–Kier alpha value is -2.49. The molecule has 2 saturated heterocycles. The number of rotatable bonds is 6. The van der Waals surface area contributed by atoms with E-state index in [1.54, 1.807) is 9.96 Å². The quantitative estimate of drug-likeness (QED) is 0.774. The van der Waals surface area contributed by atoms with E-state index < -0.39 is 6.04 Å². The molecule has 3 fully saturated rings. The summed E-state index contributed by atoms with van der Waals surface area (Å²) in [4.78, 5) is 20.8. The molecule has 1 aromatic heterocycles. The predicted octanol–water partition coefficient (Wildman–Crippen LogP) is 1.52. The average molecular weight is 385 g/mol. The highest BCUT2D eigenvalue weighted by molar-refractivity contribution is 5.77. The number of hydrogen-bond donors (Lipinski definition) is 2. The molecule has 5 rings (SSSR count). The van der Waals surface area contributed by atoms with Gasteiger partial charge in [-0.15, -0.1) is 10.2 Å². The minimum absolute atomic E-state index is 0.0394. The van der Waals surface area contributed by atoms with Crippen LogP contribution in [0.2, 0.25) is 0 Å². The van der Waals surface area contributed by atoms with Gasteiger partial charge in [0.2, 0.25) is 11.8 Å². The molecule has 1 aliphatic carbocycles. The second kappa shape index (κ2) is 6.54. The number of aliphatic hydroxyl groups excluding tert-OH is 1. The van der Waals surface area contributed by atoms with Gasteiger partial charge in [-0.1, -0.05) is 30.3 Å². The number of nitrogens with two attached hydrogens (primary N) is 1. The number of urea groups is 1. The smallest absolute Gasteiger partial charge is 0.345 e. The molecule has 2 aromatic rings. The van der Waals surface area contributed by atoms with Crippen molar-refractivity contribution < 1.29 is 19.2 Å². The maximum atomic E-state index is 13.1. The first-order valence-electron chi connectivity index (χ1n) is 9.58. The summed E-state index contributed by atoms with van der Waals surface area (Å²) in [7, 11) is 0. The van der Waals surface area contributed by atoms with Gasteiger partial charge in [-0.2, -0.15) is 5.06 Å². The van der Waals surface area contributed by atoms with Crippen molar-refractivity contribution in [1.82, 2.24) is 20.2 Å². The molecule has 3 N–H and O–H groups in total.